The molecule has 3 heteroatoms. The molecule has 0 spiro atoms. The Morgan fingerprint density at radius 2 is 2.29 bits per heavy atom. The zero-order valence-corrected chi connectivity index (χ0v) is 8.32. The fraction of sp³-hybridized carbons (Fsp3) is 0.273. The molecule has 1 aromatic rings. The van der Waals surface area contributed by atoms with Crippen LogP contribution in [-0.4, -0.2) is 19.9 Å². The molecule has 0 aliphatic heterocycles. The van der Waals surface area contributed by atoms with Crippen molar-refractivity contribution in [2.45, 2.75) is 6.92 Å². The summed E-state index contributed by atoms with van der Waals surface area (Å²) < 4.78 is 0. The first kappa shape index (κ1) is 10.3. The number of aldehydes is 1. The fourth-order valence-corrected chi connectivity index (χ4v) is 1.22. The zero-order chi connectivity index (χ0) is 10.6. The van der Waals surface area contributed by atoms with E-state index in [2.05, 4.69) is 6.07 Å². The minimum absolute atomic E-state index is 0.537. The monoisotopic (exact) mass is 188 g/mol. The van der Waals surface area contributed by atoms with Gasteiger partial charge in [-0.15, -0.1) is 0 Å². The second kappa shape index (κ2) is 4.43. The number of hydrogen-bond acceptors (Lipinski definition) is 3. The Bertz CT molecular complexity index is 379. The summed E-state index contributed by atoms with van der Waals surface area (Å²) in [6.45, 7) is 2.84. The Kier molecular flexibility index (Phi) is 3.24. The highest BCUT2D eigenvalue weighted by atomic mass is 16.1. The van der Waals surface area contributed by atoms with Crippen LogP contribution in [0.15, 0.2) is 18.2 Å². The Hall–Kier alpha value is -1.82. The van der Waals surface area contributed by atoms with Gasteiger partial charge in [-0.05, 0) is 25.1 Å². The average Bonchev–Trinajstić information content (AvgIpc) is 2.27. The van der Waals surface area contributed by atoms with Gasteiger partial charge in [0.05, 0.1) is 11.3 Å². The third-order valence-corrected chi connectivity index (χ3v) is 2.16. The molecule has 0 saturated carbocycles. The van der Waals surface area contributed by atoms with E-state index in [0.29, 0.717) is 11.1 Å². The molecular weight excluding hydrogens is 176 g/mol. The standard InChI is InChI=1S/C11H12N2O/c1-3-13(2)11-5-4-9(8-14)6-10(11)7-12/h4-6,8H,3H2,1-2H3. The first-order valence-electron chi connectivity index (χ1n) is 4.43. The second-order valence-electron chi connectivity index (χ2n) is 3.02. The molecule has 14 heavy (non-hydrogen) atoms. The number of carbonyl (C=O) groups is 1. The van der Waals surface area contributed by atoms with Gasteiger partial charge in [-0.25, -0.2) is 0 Å². The molecule has 0 aliphatic carbocycles. The molecule has 0 aromatic heterocycles. The summed E-state index contributed by atoms with van der Waals surface area (Å²) in [5, 5.41) is 8.89. The number of carbonyl (C=O) groups excluding carboxylic acids is 1. The van der Waals surface area contributed by atoms with E-state index in [9.17, 15) is 4.79 Å². The van der Waals surface area contributed by atoms with E-state index < -0.39 is 0 Å². The van der Waals surface area contributed by atoms with E-state index >= 15 is 0 Å². The highest BCUT2D eigenvalue weighted by molar-refractivity contribution is 5.78. The normalized spacial score (nSPS) is 9.21. The molecule has 0 fully saturated rings. The molecule has 0 bridgehead atoms. The van der Waals surface area contributed by atoms with Gasteiger partial charge in [0.25, 0.3) is 0 Å². The van der Waals surface area contributed by atoms with Gasteiger partial charge in [-0.2, -0.15) is 5.26 Å². The van der Waals surface area contributed by atoms with Crippen LogP contribution >= 0.6 is 0 Å². The number of anilines is 1. The van der Waals surface area contributed by atoms with Gasteiger partial charge in [0.15, 0.2) is 0 Å². The van der Waals surface area contributed by atoms with E-state index in [-0.39, 0.29) is 0 Å². The number of nitrogens with zero attached hydrogens (tertiary/aromatic N) is 2. The van der Waals surface area contributed by atoms with Crippen molar-refractivity contribution in [1.29, 1.82) is 5.26 Å². The molecule has 0 amide bonds. The SMILES string of the molecule is CCN(C)c1ccc(C=O)cc1C#N. The lowest BCUT2D eigenvalue weighted by Crippen LogP contribution is -2.17. The molecular formula is C11H12N2O. The van der Waals surface area contributed by atoms with E-state index in [1.54, 1.807) is 18.2 Å². The average molecular weight is 188 g/mol. The van der Waals surface area contributed by atoms with Crippen LogP contribution in [0.3, 0.4) is 0 Å². The minimum Gasteiger partial charge on any atom is -0.374 e. The molecule has 0 unspecified atom stereocenters. The van der Waals surface area contributed by atoms with Crippen LogP contribution in [0, 0.1) is 11.3 Å². The van der Waals surface area contributed by atoms with E-state index in [4.69, 9.17) is 5.26 Å². The van der Waals surface area contributed by atoms with Gasteiger partial charge in [-0.1, -0.05) is 0 Å². The Morgan fingerprint density at radius 1 is 1.57 bits per heavy atom. The van der Waals surface area contributed by atoms with Gasteiger partial charge in [0.1, 0.15) is 12.4 Å². The number of nitriles is 1. The van der Waals surface area contributed by atoms with E-state index in [1.807, 2.05) is 18.9 Å². The quantitative estimate of drug-likeness (QED) is 0.680. The van der Waals surface area contributed by atoms with Crippen molar-refractivity contribution >= 4 is 12.0 Å². The summed E-state index contributed by atoms with van der Waals surface area (Å²) in [7, 11) is 1.91. The van der Waals surface area contributed by atoms with Gasteiger partial charge in [-0.3, -0.25) is 4.79 Å². The molecule has 72 valence electrons. The predicted molar refractivity (Wildman–Crippen MR) is 55.5 cm³/mol. The van der Waals surface area contributed by atoms with E-state index in [1.165, 1.54) is 0 Å². The van der Waals surface area contributed by atoms with Crippen molar-refractivity contribution < 1.29 is 4.79 Å². The lowest BCUT2D eigenvalue weighted by atomic mass is 10.1. The van der Waals surface area contributed by atoms with Gasteiger partial charge in [0, 0.05) is 19.2 Å². The second-order valence-corrected chi connectivity index (χ2v) is 3.02. The third-order valence-electron chi connectivity index (χ3n) is 2.16. The first-order valence-corrected chi connectivity index (χ1v) is 4.43. The van der Waals surface area contributed by atoms with Crippen molar-refractivity contribution in [3.63, 3.8) is 0 Å². The molecule has 0 atom stereocenters. The van der Waals surface area contributed by atoms with Crippen LogP contribution in [0.25, 0.3) is 0 Å². The minimum atomic E-state index is 0.537. The maximum Gasteiger partial charge on any atom is 0.150 e. The first-order chi connectivity index (χ1) is 6.72. The lowest BCUT2D eigenvalue weighted by molar-refractivity contribution is 0.112. The number of benzene rings is 1. The molecule has 0 saturated heterocycles. The maximum atomic E-state index is 10.5. The van der Waals surface area contributed by atoms with Gasteiger partial charge in [0.2, 0.25) is 0 Å². The summed E-state index contributed by atoms with van der Waals surface area (Å²) in [4.78, 5) is 12.5. The van der Waals surface area contributed by atoms with Crippen LogP contribution < -0.4 is 4.90 Å². The number of rotatable bonds is 3. The third kappa shape index (κ3) is 1.91. The molecule has 1 rings (SSSR count). The van der Waals surface area contributed by atoms with Crippen LogP contribution in [0.5, 0.6) is 0 Å². The van der Waals surface area contributed by atoms with Crippen LogP contribution in [0.2, 0.25) is 0 Å². The fourth-order valence-electron chi connectivity index (χ4n) is 1.22. The van der Waals surface area contributed by atoms with Crippen molar-refractivity contribution in [1.82, 2.24) is 0 Å². The Morgan fingerprint density at radius 3 is 2.79 bits per heavy atom. The molecule has 1 aromatic carbocycles. The summed E-state index contributed by atoms with van der Waals surface area (Å²) in [6.07, 6.45) is 0.747. The molecule has 3 nitrogen and oxygen atoms in total. The molecule has 0 radical (unpaired) electrons. The summed E-state index contributed by atoms with van der Waals surface area (Å²) in [6, 6.07) is 7.21. The van der Waals surface area contributed by atoms with Crippen molar-refractivity contribution in [3.8, 4) is 6.07 Å². The van der Waals surface area contributed by atoms with E-state index in [0.717, 1.165) is 18.5 Å². The highest BCUT2D eigenvalue weighted by Crippen LogP contribution is 2.19. The largest absolute Gasteiger partial charge is 0.374 e. The Balaban J connectivity index is 3.19. The summed E-state index contributed by atoms with van der Waals surface area (Å²) >= 11 is 0. The zero-order valence-electron chi connectivity index (χ0n) is 8.32. The predicted octanol–water partition coefficient (Wildman–Crippen LogP) is 1.83. The maximum absolute atomic E-state index is 10.5. The van der Waals surface area contributed by atoms with Crippen LogP contribution in [0.4, 0.5) is 5.69 Å². The van der Waals surface area contributed by atoms with Gasteiger partial charge >= 0.3 is 0 Å². The Labute approximate surface area is 83.6 Å². The van der Waals surface area contributed by atoms with Crippen molar-refractivity contribution in [3.05, 3.63) is 29.3 Å². The van der Waals surface area contributed by atoms with Crippen LogP contribution in [-0.2, 0) is 0 Å². The molecule has 0 heterocycles. The van der Waals surface area contributed by atoms with Gasteiger partial charge < -0.3 is 4.90 Å². The molecule has 0 aliphatic rings. The highest BCUT2D eigenvalue weighted by Gasteiger charge is 2.06. The van der Waals surface area contributed by atoms with Crippen LogP contribution in [0.1, 0.15) is 22.8 Å². The number of hydrogen-bond donors (Lipinski definition) is 0. The van der Waals surface area contributed by atoms with Crippen molar-refractivity contribution in [2.24, 2.45) is 0 Å². The lowest BCUT2D eigenvalue weighted by Gasteiger charge is -2.18. The smallest absolute Gasteiger partial charge is 0.150 e. The summed E-state index contributed by atoms with van der Waals surface area (Å²) in [5.41, 5.74) is 1.94. The van der Waals surface area contributed by atoms with Crippen molar-refractivity contribution in [2.75, 3.05) is 18.5 Å². The summed E-state index contributed by atoms with van der Waals surface area (Å²) in [5.74, 6) is 0. The molecule has 0 N–H and O–H groups in total. The topological polar surface area (TPSA) is 44.1 Å².